The molecule has 1 aliphatic rings. The minimum Gasteiger partial charge on any atom is -0.379 e. The largest absolute Gasteiger partial charge is 0.379 e. The first-order valence-corrected chi connectivity index (χ1v) is 7.67. The Labute approximate surface area is 123 Å². The molecule has 0 saturated heterocycles. The molecule has 112 valence electrons. The van der Waals surface area contributed by atoms with Gasteiger partial charge in [-0.3, -0.25) is 0 Å². The fraction of sp³-hybridized carbons (Fsp3) is 0.647. The molecule has 1 fully saturated rings. The summed E-state index contributed by atoms with van der Waals surface area (Å²) in [7, 11) is 4.14. The van der Waals surface area contributed by atoms with Crippen molar-refractivity contribution in [2.24, 2.45) is 0 Å². The van der Waals surface area contributed by atoms with Crippen LogP contribution in [0, 0.1) is 6.92 Å². The molecular weight excluding hydrogens is 248 g/mol. The SMILES string of the molecule is Cc1ccc(C2CC(NCCOCCN(C)C)C2)cc1. The molecule has 1 aromatic carbocycles. The van der Waals surface area contributed by atoms with Crippen LogP contribution < -0.4 is 5.32 Å². The van der Waals surface area contributed by atoms with Crippen LogP contribution in [0.2, 0.25) is 0 Å². The average Bonchev–Trinajstić information content (AvgIpc) is 2.37. The van der Waals surface area contributed by atoms with Crippen LogP contribution in [-0.2, 0) is 4.74 Å². The van der Waals surface area contributed by atoms with E-state index in [1.807, 2.05) is 0 Å². The second-order valence-electron chi connectivity index (χ2n) is 6.15. The van der Waals surface area contributed by atoms with E-state index >= 15 is 0 Å². The Balaban J connectivity index is 1.52. The number of nitrogens with zero attached hydrogens (tertiary/aromatic N) is 1. The van der Waals surface area contributed by atoms with Crippen LogP contribution in [0.4, 0.5) is 0 Å². The lowest BCUT2D eigenvalue weighted by Crippen LogP contribution is -2.41. The number of ether oxygens (including phenoxy) is 1. The van der Waals surface area contributed by atoms with E-state index < -0.39 is 0 Å². The predicted molar refractivity (Wildman–Crippen MR) is 84.3 cm³/mol. The summed E-state index contributed by atoms with van der Waals surface area (Å²) in [5.74, 6) is 0.753. The molecule has 3 heteroatoms. The van der Waals surface area contributed by atoms with Crippen LogP contribution in [0.5, 0.6) is 0 Å². The molecule has 3 nitrogen and oxygen atoms in total. The highest BCUT2D eigenvalue weighted by Crippen LogP contribution is 2.36. The number of aryl methyl sites for hydroxylation is 1. The molecule has 0 aliphatic heterocycles. The van der Waals surface area contributed by atoms with Crippen molar-refractivity contribution < 1.29 is 4.74 Å². The van der Waals surface area contributed by atoms with Crippen molar-refractivity contribution in [3.05, 3.63) is 35.4 Å². The minimum atomic E-state index is 0.679. The van der Waals surface area contributed by atoms with E-state index in [-0.39, 0.29) is 0 Å². The fourth-order valence-corrected chi connectivity index (χ4v) is 2.58. The summed E-state index contributed by atoms with van der Waals surface area (Å²) in [6.45, 7) is 5.76. The third-order valence-corrected chi connectivity index (χ3v) is 4.05. The van der Waals surface area contributed by atoms with Gasteiger partial charge in [0.1, 0.15) is 0 Å². The van der Waals surface area contributed by atoms with E-state index in [0.717, 1.165) is 32.2 Å². The van der Waals surface area contributed by atoms with Gasteiger partial charge in [-0.1, -0.05) is 29.8 Å². The summed E-state index contributed by atoms with van der Waals surface area (Å²) in [6, 6.07) is 9.67. The van der Waals surface area contributed by atoms with Gasteiger partial charge in [-0.2, -0.15) is 0 Å². The van der Waals surface area contributed by atoms with Gasteiger partial charge < -0.3 is 15.0 Å². The average molecular weight is 276 g/mol. The van der Waals surface area contributed by atoms with Crippen molar-refractivity contribution in [1.82, 2.24) is 10.2 Å². The van der Waals surface area contributed by atoms with Gasteiger partial charge in [-0.25, -0.2) is 0 Å². The van der Waals surface area contributed by atoms with Crippen LogP contribution in [-0.4, -0.2) is 51.3 Å². The van der Waals surface area contributed by atoms with Crippen LogP contribution in [0.3, 0.4) is 0 Å². The quantitative estimate of drug-likeness (QED) is 0.738. The Kier molecular flexibility index (Phi) is 6.02. The number of rotatable bonds is 8. The predicted octanol–water partition coefficient (Wildman–Crippen LogP) is 2.41. The Morgan fingerprint density at radius 2 is 1.85 bits per heavy atom. The lowest BCUT2D eigenvalue weighted by Gasteiger charge is -2.36. The van der Waals surface area contributed by atoms with Gasteiger partial charge in [0.15, 0.2) is 0 Å². The first kappa shape index (κ1) is 15.5. The van der Waals surface area contributed by atoms with Crippen LogP contribution >= 0.6 is 0 Å². The lowest BCUT2D eigenvalue weighted by atomic mass is 9.76. The van der Waals surface area contributed by atoms with Gasteiger partial charge in [0, 0.05) is 19.1 Å². The van der Waals surface area contributed by atoms with Crippen molar-refractivity contribution in [2.45, 2.75) is 31.7 Å². The topological polar surface area (TPSA) is 24.5 Å². The number of hydrogen-bond acceptors (Lipinski definition) is 3. The summed E-state index contributed by atoms with van der Waals surface area (Å²) in [5.41, 5.74) is 2.84. The second-order valence-corrected chi connectivity index (χ2v) is 6.15. The van der Waals surface area contributed by atoms with Crippen LogP contribution in [0.1, 0.15) is 29.9 Å². The first-order valence-electron chi connectivity index (χ1n) is 7.67. The van der Waals surface area contributed by atoms with Crippen molar-refractivity contribution >= 4 is 0 Å². The molecule has 0 atom stereocenters. The van der Waals surface area contributed by atoms with Crippen molar-refractivity contribution in [2.75, 3.05) is 40.4 Å². The molecular formula is C17H28N2O. The normalized spacial score (nSPS) is 22.0. The number of nitrogens with one attached hydrogen (secondary N) is 1. The minimum absolute atomic E-state index is 0.679. The van der Waals surface area contributed by atoms with E-state index in [0.29, 0.717) is 6.04 Å². The number of benzene rings is 1. The zero-order chi connectivity index (χ0) is 14.4. The summed E-state index contributed by atoms with van der Waals surface area (Å²) in [5, 5.41) is 3.58. The van der Waals surface area contributed by atoms with Crippen molar-refractivity contribution in [3.63, 3.8) is 0 Å². The monoisotopic (exact) mass is 276 g/mol. The summed E-state index contributed by atoms with van der Waals surface area (Å²) in [4.78, 5) is 2.14. The van der Waals surface area contributed by atoms with Crippen molar-refractivity contribution in [1.29, 1.82) is 0 Å². The summed E-state index contributed by atoms with van der Waals surface area (Å²) >= 11 is 0. The molecule has 2 rings (SSSR count). The standard InChI is InChI=1S/C17H28N2O/c1-14-4-6-15(7-5-14)16-12-17(13-16)18-8-10-20-11-9-19(2)3/h4-7,16-18H,8-13H2,1-3H3. The molecule has 0 unspecified atom stereocenters. The van der Waals surface area contributed by atoms with Gasteiger partial charge >= 0.3 is 0 Å². The van der Waals surface area contributed by atoms with Gasteiger partial charge in [-0.15, -0.1) is 0 Å². The maximum Gasteiger partial charge on any atom is 0.0593 e. The smallest absolute Gasteiger partial charge is 0.0593 e. The van der Waals surface area contributed by atoms with Gasteiger partial charge in [0.2, 0.25) is 0 Å². The zero-order valence-electron chi connectivity index (χ0n) is 13.1. The molecule has 1 aliphatic carbocycles. The van der Waals surface area contributed by atoms with Gasteiger partial charge in [0.25, 0.3) is 0 Å². The van der Waals surface area contributed by atoms with Gasteiger partial charge in [0.05, 0.1) is 13.2 Å². The first-order chi connectivity index (χ1) is 9.65. The summed E-state index contributed by atoms with van der Waals surface area (Å²) in [6.07, 6.45) is 2.53. The molecule has 0 amide bonds. The third-order valence-electron chi connectivity index (χ3n) is 4.05. The lowest BCUT2D eigenvalue weighted by molar-refractivity contribution is 0.114. The Morgan fingerprint density at radius 3 is 2.50 bits per heavy atom. The Hall–Kier alpha value is -0.900. The molecule has 0 spiro atoms. The zero-order valence-corrected chi connectivity index (χ0v) is 13.1. The molecule has 1 saturated carbocycles. The fourth-order valence-electron chi connectivity index (χ4n) is 2.58. The summed E-state index contributed by atoms with van der Waals surface area (Å²) < 4.78 is 5.58. The van der Waals surface area contributed by atoms with Crippen LogP contribution in [0.15, 0.2) is 24.3 Å². The molecule has 20 heavy (non-hydrogen) atoms. The van der Waals surface area contributed by atoms with E-state index in [1.165, 1.54) is 24.0 Å². The van der Waals surface area contributed by atoms with E-state index in [4.69, 9.17) is 4.74 Å². The van der Waals surface area contributed by atoms with E-state index in [9.17, 15) is 0 Å². The second kappa shape index (κ2) is 7.77. The molecule has 0 bridgehead atoms. The van der Waals surface area contributed by atoms with E-state index in [2.05, 4.69) is 55.5 Å². The molecule has 0 heterocycles. The molecule has 1 N–H and O–H groups in total. The third kappa shape index (κ3) is 4.89. The molecule has 1 aromatic rings. The molecule has 0 radical (unpaired) electrons. The van der Waals surface area contributed by atoms with Crippen LogP contribution in [0.25, 0.3) is 0 Å². The maximum atomic E-state index is 5.58. The van der Waals surface area contributed by atoms with Crippen molar-refractivity contribution in [3.8, 4) is 0 Å². The number of likely N-dealkylation sites (N-methyl/N-ethyl adjacent to an activating group) is 1. The van der Waals surface area contributed by atoms with E-state index in [1.54, 1.807) is 0 Å². The number of hydrogen-bond donors (Lipinski definition) is 1. The highest BCUT2D eigenvalue weighted by molar-refractivity contribution is 5.26. The highest BCUT2D eigenvalue weighted by Gasteiger charge is 2.29. The maximum absolute atomic E-state index is 5.58. The molecule has 0 aromatic heterocycles. The Morgan fingerprint density at radius 1 is 1.15 bits per heavy atom. The van der Waals surface area contributed by atoms with Gasteiger partial charge in [-0.05, 0) is 45.3 Å². The highest BCUT2D eigenvalue weighted by atomic mass is 16.5. The Bertz CT molecular complexity index is 382.